The van der Waals surface area contributed by atoms with E-state index in [1.165, 1.54) is 38.5 Å². The first-order valence-electron chi connectivity index (χ1n) is 11.6. The fraction of sp³-hybridized carbons (Fsp3) is 0.520. The molecule has 1 amide bonds. The topological polar surface area (TPSA) is 60.1 Å². The molecule has 5 nitrogen and oxygen atoms in total. The lowest BCUT2D eigenvalue weighted by atomic mass is 9.82. The minimum atomic E-state index is -0.250. The lowest BCUT2D eigenvalue weighted by molar-refractivity contribution is -0.127. The normalized spacial score (nSPS) is 19.7. The van der Waals surface area contributed by atoms with E-state index >= 15 is 0 Å². The zero-order valence-electron chi connectivity index (χ0n) is 17.6. The Morgan fingerprint density at radius 3 is 2.43 bits per heavy atom. The molecule has 5 heteroatoms. The van der Waals surface area contributed by atoms with Crippen molar-refractivity contribution in [2.45, 2.75) is 76.3 Å². The maximum atomic E-state index is 13.8. The Labute approximate surface area is 177 Å². The Balaban J connectivity index is 1.59. The highest BCUT2D eigenvalue weighted by Crippen LogP contribution is 2.38. The molecule has 0 spiro atoms. The third-order valence-electron chi connectivity index (χ3n) is 6.93. The van der Waals surface area contributed by atoms with Gasteiger partial charge in [-0.05, 0) is 55.9 Å². The summed E-state index contributed by atoms with van der Waals surface area (Å²) in [6.45, 7) is 0. The lowest BCUT2D eigenvalue weighted by Crippen LogP contribution is -2.43. The van der Waals surface area contributed by atoms with Gasteiger partial charge in [-0.3, -0.25) is 4.79 Å². The van der Waals surface area contributed by atoms with E-state index in [2.05, 4.69) is 16.0 Å². The van der Waals surface area contributed by atoms with E-state index in [4.69, 9.17) is 9.40 Å². The molecule has 30 heavy (non-hydrogen) atoms. The average Bonchev–Trinajstić information content (AvgIpc) is 3.44. The highest BCUT2D eigenvalue weighted by Gasteiger charge is 2.35. The first-order chi connectivity index (χ1) is 14.8. The van der Waals surface area contributed by atoms with Gasteiger partial charge in [0.1, 0.15) is 6.04 Å². The number of amides is 1. The molecule has 2 aliphatic carbocycles. The van der Waals surface area contributed by atoms with Crippen molar-refractivity contribution < 1.29 is 9.21 Å². The smallest absolute Gasteiger partial charge is 0.243 e. The highest BCUT2D eigenvalue weighted by molar-refractivity contribution is 5.87. The van der Waals surface area contributed by atoms with Crippen molar-refractivity contribution in [1.29, 1.82) is 0 Å². The van der Waals surface area contributed by atoms with Crippen LogP contribution in [-0.4, -0.2) is 21.5 Å². The predicted octanol–water partition coefficient (Wildman–Crippen LogP) is 5.87. The summed E-state index contributed by atoms with van der Waals surface area (Å²) in [4.78, 5) is 18.7. The van der Waals surface area contributed by atoms with Crippen molar-refractivity contribution in [3.05, 3.63) is 42.7 Å². The summed E-state index contributed by atoms with van der Waals surface area (Å²) in [7, 11) is 0. The number of hydrogen-bond donors (Lipinski definition) is 1. The number of fused-ring (bicyclic) bond motifs is 1. The van der Waals surface area contributed by atoms with Crippen LogP contribution in [0.5, 0.6) is 0 Å². The van der Waals surface area contributed by atoms with Gasteiger partial charge in [-0.15, -0.1) is 0 Å². The molecule has 3 aromatic rings. The second-order valence-corrected chi connectivity index (χ2v) is 8.96. The van der Waals surface area contributed by atoms with Crippen molar-refractivity contribution in [1.82, 2.24) is 14.9 Å². The molecular weight excluding hydrogens is 374 g/mol. The van der Waals surface area contributed by atoms with Crippen LogP contribution in [0.25, 0.3) is 22.6 Å². The molecule has 1 aromatic carbocycles. The molecule has 2 heterocycles. The van der Waals surface area contributed by atoms with Crippen LogP contribution < -0.4 is 5.32 Å². The molecule has 1 unspecified atom stereocenters. The van der Waals surface area contributed by atoms with Crippen LogP contribution in [-0.2, 0) is 4.79 Å². The number of imidazole rings is 1. The van der Waals surface area contributed by atoms with E-state index in [9.17, 15) is 4.79 Å². The van der Waals surface area contributed by atoms with E-state index < -0.39 is 0 Å². The summed E-state index contributed by atoms with van der Waals surface area (Å²) in [5, 5.41) is 3.42. The molecule has 2 fully saturated rings. The number of hydrogen-bond acceptors (Lipinski definition) is 3. The number of benzene rings is 1. The summed E-state index contributed by atoms with van der Waals surface area (Å²) in [6.07, 6.45) is 13.4. The van der Waals surface area contributed by atoms with Gasteiger partial charge in [0.05, 0.1) is 17.3 Å². The number of nitrogens with one attached hydrogen (secondary N) is 1. The zero-order valence-corrected chi connectivity index (χ0v) is 17.6. The van der Waals surface area contributed by atoms with Crippen LogP contribution in [0.4, 0.5) is 0 Å². The molecule has 2 aromatic heterocycles. The Hall–Kier alpha value is -2.56. The number of nitrogens with zero attached hydrogens (tertiary/aromatic N) is 2. The van der Waals surface area contributed by atoms with Gasteiger partial charge in [-0.2, -0.15) is 0 Å². The summed E-state index contributed by atoms with van der Waals surface area (Å²) in [5.41, 5.74) is 1.92. The van der Waals surface area contributed by atoms with E-state index in [-0.39, 0.29) is 11.9 Å². The fourth-order valence-corrected chi connectivity index (χ4v) is 5.43. The van der Waals surface area contributed by atoms with E-state index in [0.29, 0.717) is 12.0 Å². The van der Waals surface area contributed by atoms with Crippen molar-refractivity contribution in [2.24, 2.45) is 5.92 Å². The summed E-state index contributed by atoms with van der Waals surface area (Å²) < 4.78 is 7.91. The second-order valence-electron chi connectivity index (χ2n) is 8.96. The van der Waals surface area contributed by atoms with Crippen LogP contribution in [0.15, 0.2) is 47.1 Å². The van der Waals surface area contributed by atoms with Crippen LogP contribution >= 0.6 is 0 Å². The Morgan fingerprint density at radius 2 is 1.70 bits per heavy atom. The van der Waals surface area contributed by atoms with Gasteiger partial charge in [-0.25, -0.2) is 4.98 Å². The molecule has 0 saturated heterocycles. The molecule has 1 atom stereocenters. The van der Waals surface area contributed by atoms with Crippen LogP contribution in [0.3, 0.4) is 0 Å². The Bertz CT molecular complexity index is 979. The fourth-order valence-electron chi connectivity index (χ4n) is 5.43. The molecule has 2 saturated carbocycles. The van der Waals surface area contributed by atoms with E-state index in [1.807, 2.05) is 30.3 Å². The second kappa shape index (κ2) is 8.66. The molecule has 1 N–H and O–H groups in total. The molecule has 0 bridgehead atoms. The van der Waals surface area contributed by atoms with Crippen LogP contribution in [0.2, 0.25) is 0 Å². The highest BCUT2D eigenvalue weighted by atomic mass is 16.3. The number of aromatic nitrogens is 2. The van der Waals surface area contributed by atoms with Gasteiger partial charge in [0.25, 0.3) is 0 Å². The number of furan rings is 1. The maximum Gasteiger partial charge on any atom is 0.243 e. The summed E-state index contributed by atoms with van der Waals surface area (Å²) >= 11 is 0. The molecule has 0 aliphatic heterocycles. The van der Waals surface area contributed by atoms with Crippen molar-refractivity contribution in [2.75, 3.05) is 0 Å². The van der Waals surface area contributed by atoms with E-state index in [0.717, 1.165) is 48.3 Å². The van der Waals surface area contributed by atoms with Crippen LogP contribution in [0.1, 0.15) is 70.3 Å². The Morgan fingerprint density at radius 1 is 0.967 bits per heavy atom. The van der Waals surface area contributed by atoms with Gasteiger partial charge in [-0.1, -0.05) is 50.7 Å². The molecule has 158 valence electrons. The van der Waals surface area contributed by atoms with Gasteiger partial charge in [0, 0.05) is 6.04 Å². The van der Waals surface area contributed by atoms with Gasteiger partial charge >= 0.3 is 0 Å². The zero-order chi connectivity index (χ0) is 20.3. The average molecular weight is 406 g/mol. The first-order valence-corrected chi connectivity index (χ1v) is 11.6. The standard InChI is InChI=1S/C25H31N3O2/c29-25(26-19-12-5-2-6-13-19)23(18-10-3-1-4-11-18)28-21-15-8-7-14-20(21)27-24(28)22-16-9-17-30-22/h7-9,14-19,23H,1-6,10-13H2,(H,26,29). The number of para-hydroxylation sites is 2. The molecule has 0 radical (unpaired) electrons. The monoisotopic (exact) mass is 405 g/mol. The maximum absolute atomic E-state index is 13.8. The van der Waals surface area contributed by atoms with Gasteiger partial charge < -0.3 is 14.3 Å². The van der Waals surface area contributed by atoms with Crippen LogP contribution in [0, 0.1) is 5.92 Å². The van der Waals surface area contributed by atoms with Crippen molar-refractivity contribution in [3.8, 4) is 11.6 Å². The Kier molecular flexibility index (Phi) is 5.60. The number of carbonyl (C=O) groups is 1. The lowest BCUT2D eigenvalue weighted by Gasteiger charge is -2.33. The minimum Gasteiger partial charge on any atom is -0.461 e. The van der Waals surface area contributed by atoms with Crippen molar-refractivity contribution >= 4 is 16.9 Å². The van der Waals surface area contributed by atoms with E-state index in [1.54, 1.807) is 6.26 Å². The molecular formula is C25H31N3O2. The third kappa shape index (κ3) is 3.78. The number of rotatable bonds is 5. The molecule has 2 aliphatic rings. The quantitative estimate of drug-likeness (QED) is 0.578. The SMILES string of the molecule is O=C(NC1CCCCC1)C(C1CCCCC1)n1c(-c2ccco2)nc2ccccc21. The largest absolute Gasteiger partial charge is 0.461 e. The minimum absolute atomic E-state index is 0.157. The summed E-state index contributed by atoms with van der Waals surface area (Å²) in [6, 6.07) is 12.0. The van der Waals surface area contributed by atoms with Gasteiger partial charge in [0.15, 0.2) is 11.6 Å². The first kappa shape index (κ1) is 19.4. The van der Waals surface area contributed by atoms with Crippen molar-refractivity contribution in [3.63, 3.8) is 0 Å². The third-order valence-corrected chi connectivity index (χ3v) is 6.93. The predicted molar refractivity (Wildman–Crippen MR) is 118 cm³/mol. The molecule has 5 rings (SSSR count). The number of carbonyl (C=O) groups excluding carboxylic acids is 1. The van der Waals surface area contributed by atoms with Gasteiger partial charge in [0.2, 0.25) is 5.91 Å². The summed E-state index contributed by atoms with van der Waals surface area (Å²) in [5.74, 6) is 1.96.